The standard InChI is InChI=1S/C20H27NO3/c1-13-5-3-6-14(2)17(13)23-12-8-16(22)21-18-15-7-11-24-19(15)20(18)9-4-10-20/h3,5-6,15,18-19H,4,7-12H2,1-2H3,(H,21,22)/t15-,18-,19-/m1/s1. The van der Waals surface area contributed by atoms with Crippen molar-refractivity contribution >= 4 is 5.91 Å². The van der Waals surface area contributed by atoms with E-state index in [1.54, 1.807) is 0 Å². The van der Waals surface area contributed by atoms with Crippen molar-refractivity contribution in [2.45, 2.75) is 58.1 Å². The van der Waals surface area contributed by atoms with Crippen molar-refractivity contribution in [3.63, 3.8) is 0 Å². The van der Waals surface area contributed by atoms with Gasteiger partial charge in [0.2, 0.25) is 5.91 Å². The van der Waals surface area contributed by atoms with Gasteiger partial charge in [-0.15, -0.1) is 0 Å². The first-order chi connectivity index (χ1) is 11.6. The number of aryl methyl sites for hydroxylation is 2. The molecule has 4 nitrogen and oxygen atoms in total. The zero-order valence-electron chi connectivity index (χ0n) is 14.6. The molecule has 24 heavy (non-hydrogen) atoms. The van der Waals surface area contributed by atoms with E-state index in [-0.39, 0.29) is 11.3 Å². The van der Waals surface area contributed by atoms with E-state index in [0.29, 0.717) is 31.1 Å². The summed E-state index contributed by atoms with van der Waals surface area (Å²) in [6, 6.07) is 6.43. The molecule has 1 aliphatic heterocycles. The van der Waals surface area contributed by atoms with Gasteiger partial charge in [0.15, 0.2) is 0 Å². The molecule has 4 heteroatoms. The van der Waals surface area contributed by atoms with E-state index in [1.807, 2.05) is 32.0 Å². The van der Waals surface area contributed by atoms with Crippen LogP contribution in [-0.4, -0.2) is 31.3 Å². The first-order valence-corrected chi connectivity index (χ1v) is 9.22. The highest BCUT2D eigenvalue weighted by Gasteiger charge is 2.66. The summed E-state index contributed by atoms with van der Waals surface area (Å²) < 4.78 is 11.8. The van der Waals surface area contributed by atoms with Gasteiger partial charge in [-0.3, -0.25) is 4.79 Å². The molecule has 1 N–H and O–H groups in total. The lowest BCUT2D eigenvalue weighted by molar-refractivity contribution is -0.179. The Labute approximate surface area is 143 Å². The number of fused-ring (bicyclic) bond motifs is 2. The van der Waals surface area contributed by atoms with Gasteiger partial charge in [0.25, 0.3) is 0 Å². The average molecular weight is 329 g/mol. The number of benzene rings is 1. The second-order valence-electron chi connectivity index (χ2n) is 7.70. The Morgan fingerprint density at radius 2 is 2.08 bits per heavy atom. The quantitative estimate of drug-likeness (QED) is 0.903. The van der Waals surface area contributed by atoms with Crippen molar-refractivity contribution in [3.05, 3.63) is 29.3 Å². The van der Waals surface area contributed by atoms with E-state index in [1.165, 1.54) is 19.3 Å². The summed E-state index contributed by atoms with van der Waals surface area (Å²) >= 11 is 0. The molecule has 3 atom stereocenters. The van der Waals surface area contributed by atoms with Crippen LogP contribution >= 0.6 is 0 Å². The minimum absolute atomic E-state index is 0.114. The Bertz CT molecular complexity index is 618. The molecule has 2 saturated carbocycles. The predicted molar refractivity (Wildman–Crippen MR) is 92.1 cm³/mol. The van der Waals surface area contributed by atoms with Crippen molar-refractivity contribution in [2.24, 2.45) is 11.3 Å². The van der Waals surface area contributed by atoms with E-state index in [9.17, 15) is 4.79 Å². The molecule has 130 valence electrons. The van der Waals surface area contributed by atoms with Crippen LogP contribution in [-0.2, 0) is 9.53 Å². The van der Waals surface area contributed by atoms with Gasteiger partial charge in [-0.2, -0.15) is 0 Å². The number of nitrogens with one attached hydrogen (secondary N) is 1. The van der Waals surface area contributed by atoms with Gasteiger partial charge < -0.3 is 14.8 Å². The number of rotatable bonds is 5. The van der Waals surface area contributed by atoms with Crippen LogP contribution in [0, 0.1) is 25.2 Å². The summed E-state index contributed by atoms with van der Waals surface area (Å²) in [5.74, 6) is 1.56. The normalized spacial score (nSPS) is 29.5. The minimum atomic E-state index is 0.114. The fraction of sp³-hybridized carbons (Fsp3) is 0.650. The number of amides is 1. The molecule has 3 fully saturated rings. The Hall–Kier alpha value is -1.55. The van der Waals surface area contributed by atoms with Gasteiger partial charge >= 0.3 is 0 Å². The van der Waals surface area contributed by atoms with Gasteiger partial charge in [0, 0.05) is 24.0 Å². The Kier molecular flexibility index (Phi) is 4.03. The van der Waals surface area contributed by atoms with E-state index in [0.717, 1.165) is 29.9 Å². The first kappa shape index (κ1) is 15.9. The van der Waals surface area contributed by atoms with E-state index in [2.05, 4.69) is 5.32 Å². The second-order valence-corrected chi connectivity index (χ2v) is 7.70. The van der Waals surface area contributed by atoms with Crippen LogP contribution in [0.4, 0.5) is 0 Å². The summed E-state index contributed by atoms with van der Waals surface area (Å²) in [6.07, 6.45) is 5.60. The van der Waals surface area contributed by atoms with Gasteiger partial charge in [-0.05, 0) is 44.2 Å². The maximum absolute atomic E-state index is 12.4. The van der Waals surface area contributed by atoms with Crippen LogP contribution in [0.3, 0.4) is 0 Å². The summed E-state index contributed by atoms with van der Waals surface area (Å²) in [5, 5.41) is 3.30. The molecule has 1 saturated heterocycles. The zero-order chi connectivity index (χ0) is 16.7. The zero-order valence-corrected chi connectivity index (χ0v) is 14.6. The molecular formula is C20H27NO3. The van der Waals surface area contributed by atoms with Gasteiger partial charge in [-0.25, -0.2) is 0 Å². The number of carbonyl (C=O) groups is 1. The summed E-state index contributed by atoms with van der Waals surface area (Å²) in [7, 11) is 0. The number of carbonyl (C=O) groups excluding carboxylic acids is 1. The van der Waals surface area contributed by atoms with Crippen molar-refractivity contribution in [1.29, 1.82) is 0 Å². The average Bonchev–Trinajstić information content (AvgIpc) is 2.91. The van der Waals surface area contributed by atoms with E-state index < -0.39 is 0 Å². The third-order valence-electron chi connectivity index (χ3n) is 6.34. The molecule has 1 aromatic carbocycles. The summed E-state index contributed by atoms with van der Waals surface area (Å²) in [6.45, 7) is 5.37. The van der Waals surface area contributed by atoms with Gasteiger partial charge in [-0.1, -0.05) is 24.6 Å². The Morgan fingerprint density at radius 3 is 2.75 bits per heavy atom. The lowest BCUT2D eigenvalue weighted by Crippen LogP contribution is -2.71. The highest BCUT2D eigenvalue weighted by atomic mass is 16.5. The Morgan fingerprint density at radius 1 is 1.33 bits per heavy atom. The summed E-state index contributed by atoms with van der Waals surface area (Å²) in [4.78, 5) is 12.4. The largest absolute Gasteiger partial charge is 0.493 e. The van der Waals surface area contributed by atoms with Crippen molar-refractivity contribution in [3.8, 4) is 5.75 Å². The molecule has 0 unspecified atom stereocenters. The maximum Gasteiger partial charge on any atom is 0.223 e. The molecule has 0 bridgehead atoms. The predicted octanol–water partition coefficient (Wildman–Crippen LogP) is 3.15. The van der Waals surface area contributed by atoms with E-state index >= 15 is 0 Å². The smallest absolute Gasteiger partial charge is 0.223 e. The molecule has 1 heterocycles. The fourth-order valence-electron chi connectivity index (χ4n) is 4.97. The third-order valence-corrected chi connectivity index (χ3v) is 6.34. The SMILES string of the molecule is Cc1cccc(C)c1OCCC(=O)N[C@@H]1[C@H]2CCO[C@H]2C12CCC2. The minimum Gasteiger partial charge on any atom is -0.493 e. The number of hydrogen-bond acceptors (Lipinski definition) is 3. The monoisotopic (exact) mass is 329 g/mol. The number of hydrogen-bond donors (Lipinski definition) is 1. The first-order valence-electron chi connectivity index (χ1n) is 9.22. The van der Waals surface area contributed by atoms with Crippen LogP contribution in [0.15, 0.2) is 18.2 Å². The van der Waals surface area contributed by atoms with Crippen LogP contribution in [0.5, 0.6) is 5.75 Å². The topological polar surface area (TPSA) is 47.6 Å². The molecule has 0 radical (unpaired) electrons. The molecule has 4 rings (SSSR count). The molecule has 3 aliphatic rings. The molecule has 1 spiro atoms. The molecule has 1 amide bonds. The second kappa shape index (κ2) is 6.07. The number of para-hydroxylation sites is 1. The van der Waals surface area contributed by atoms with Crippen LogP contribution in [0.1, 0.15) is 43.2 Å². The van der Waals surface area contributed by atoms with Crippen LogP contribution in [0.2, 0.25) is 0 Å². The molecule has 2 aliphatic carbocycles. The van der Waals surface area contributed by atoms with Gasteiger partial charge in [0.1, 0.15) is 5.75 Å². The van der Waals surface area contributed by atoms with Crippen molar-refractivity contribution < 1.29 is 14.3 Å². The molecule has 0 aromatic heterocycles. The van der Waals surface area contributed by atoms with Gasteiger partial charge in [0.05, 0.1) is 19.1 Å². The molecule has 1 aromatic rings. The van der Waals surface area contributed by atoms with Crippen molar-refractivity contribution in [2.75, 3.05) is 13.2 Å². The highest BCUT2D eigenvalue weighted by molar-refractivity contribution is 5.76. The third kappa shape index (κ3) is 2.43. The van der Waals surface area contributed by atoms with Crippen LogP contribution < -0.4 is 10.1 Å². The summed E-state index contributed by atoms with van der Waals surface area (Å²) in [5.41, 5.74) is 2.49. The van der Waals surface area contributed by atoms with Crippen molar-refractivity contribution in [1.82, 2.24) is 5.32 Å². The van der Waals surface area contributed by atoms with E-state index in [4.69, 9.17) is 9.47 Å². The Balaban J connectivity index is 1.30. The maximum atomic E-state index is 12.4. The molecular weight excluding hydrogens is 302 g/mol. The fourth-order valence-corrected chi connectivity index (χ4v) is 4.97. The van der Waals surface area contributed by atoms with Crippen LogP contribution in [0.25, 0.3) is 0 Å². The lowest BCUT2D eigenvalue weighted by Gasteiger charge is -2.63. The number of ether oxygens (including phenoxy) is 2. The highest BCUT2D eigenvalue weighted by Crippen LogP contribution is 2.62. The lowest BCUT2D eigenvalue weighted by atomic mass is 9.46.